The van der Waals surface area contributed by atoms with Crippen LogP contribution < -0.4 is 10.1 Å². The van der Waals surface area contributed by atoms with Gasteiger partial charge in [-0.15, -0.1) is 17.0 Å². The monoisotopic (exact) mass is 313 g/mol. The van der Waals surface area contributed by atoms with Crippen LogP contribution in [0.1, 0.15) is 12.5 Å². The van der Waals surface area contributed by atoms with E-state index in [9.17, 15) is 0 Å². The van der Waals surface area contributed by atoms with Gasteiger partial charge in [0.2, 0.25) is 0 Å². The van der Waals surface area contributed by atoms with Crippen LogP contribution in [0.3, 0.4) is 0 Å². The van der Waals surface area contributed by atoms with E-state index >= 15 is 0 Å². The van der Waals surface area contributed by atoms with Crippen molar-refractivity contribution in [3.8, 4) is 5.75 Å². The Morgan fingerprint density at radius 3 is 2.67 bits per heavy atom. The third kappa shape index (κ3) is 3.63. The lowest BCUT2D eigenvalue weighted by atomic mass is 10.2. The summed E-state index contributed by atoms with van der Waals surface area (Å²) < 4.78 is 5.13. The predicted octanol–water partition coefficient (Wildman–Crippen LogP) is 2.05. The van der Waals surface area contributed by atoms with Crippen molar-refractivity contribution in [2.45, 2.75) is 13.5 Å². The Morgan fingerprint density at radius 1 is 1.33 bits per heavy atom. The molecule has 0 aliphatic carbocycles. The number of benzene rings is 1. The molecule has 2 rings (SSSR count). The second kappa shape index (κ2) is 7.26. The minimum Gasteiger partial charge on any atom is -0.497 e. The van der Waals surface area contributed by atoms with Crippen LogP contribution in [0.2, 0.25) is 0 Å². The quantitative estimate of drug-likeness (QED) is 0.924. The van der Waals surface area contributed by atoms with Gasteiger partial charge in [-0.1, -0.05) is 12.1 Å². The topological polar surface area (TPSA) is 36.9 Å². The number of rotatable bonds is 4. The molecule has 0 spiro atoms. The molecule has 0 fully saturated rings. The second-order valence-corrected chi connectivity index (χ2v) is 3.99. The highest BCUT2D eigenvalue weighted by Gasteiger charge is 2.13. The number of ether oxygens (including phenoxy) is 1. The molecule has 0 atom stereocenters. The number of hydrogen-bond donors (Lipinski definition) is 1. The molecule has 0 saturated heterocycles. The van der Waals surface area contributed by atoms with Gasteiger partial charge >= 0.3 is 0 Å². The first-order valence-corrected chi connectivity index (χ1v) is 5.99. The van der Waals surface area contributed by atoms with E-state index in [-0.39, 0.29) is 17.0 Å². The molecule has 1 aliphatic rings. The van der Waals surface area contributed by atoms with Crippen LogP contribution in [0.5, 0.6) is 5.75 Å². The van der Waals surface area contributed by atoms with Crippen LogP contribution in [-0.4, -0.2) is 37.6 Å². The average molecular weight is 314 g/mol. The van der Waals surface area contributed by atoms with E-state index in [2.05, 4.69) is 34.3 Å². The van der Waals surface area contributed by atoms with Gasteiger partial charge in [0.15, 0.2) is 5.96 Å². The Hall–Kier alpha value is -1.23. The zero-order chi connectivity index (χ0) is 12.1. The zero-order valence-electron chi connectivity index (χ0n) is 10.8. The summed E-state index contributed by atoms with van der Waals surface area (Å²) in [5.41, 5.74) is 1.23. The van der Waals surface area contributed by atoms with Crippen molar-refractivity contribution in [2.75, 3.05) is 26.7 Å². The second-order valence-electron chi connectivity index (χ2n) is 3.99. The number of guanidine groups is 1. The molecule has 0 aromatic heterocycles. The van der Waals surface area contributed by atoms with Crippen LogP contribution in [0.15, 0.2) is 29.3 Å². The lowest BCUT2D eigenvalue weighted by Crippen LogP contribution is -2.37. The fraction of sp³-hybridized carbons (Fsp3) is 0.462. The van der Waals surface area contributed by atoms with E-state index in [4.69, 9.17) is 4.74 Å². The third-order valence-electron chi connectivity index (χ3n) is 2.92. The number of hydrogen-bond acceptors (Lipinski definition) is 4. The molecule has 1 aromatic carbocycles. The van der Waals surface area contributed by atoms with E-state index in [0.29, 0.717) is 0 Å². The highest BCUT2D eigenvalue weighted by Crippen LogP contribution is 2.11. The first-order chi connectivity index (χ1) is 8.33. The van der Waals surface area contributed by atoms with Crippen molar-refractivity contribution in [2.24, 2.45) is 4.99 Å². The third-order valence-corrected chi connectivity index (χ3v) is 2.92. The Bertz CT molecular complexity index is 392. The molecule has 1 N–H and O–H groups in total. The van der Waals surface area contributed by atoms with Crippen molar-refractivity contribution in [1.29, 1.82) is 0 Å². The highest BCUT2D eigenvalue weighted by molar-refractivity contribution is 8.93. The molecule has 100 valence electrons. The van der Waals surface area contributed by atoms with Crippen molar-refractivity contribution >= 4 is 22.9 Å². The van der Waals surface area contributed by atoms with Gasteiger partial charge < -0.3 is 15.0 Å². The number of halogens is 1. The Balaban J connectivity index is 0.00000162. The lowest BCUT2D eigenvalue weighted by molar-refractivity contribution is 0.414. The maximum atomic E-state index is 5.13. The van der Waals surface area contributed by atoms with Gasteiger partial charge in [-0.2, -0.15) is 0 Å². The number of nitrogens with zero attached hydrogens (tertiary/aromatic N) is 2. The summed E-state index contributed by atoms with van der Waals surface area (Å²) in [6.07, 6.45) is 0. The SMILES string of the molecule is Br.CCN1CCN=C1NCc1ccc(OC)cc1. The van der Waals surface area contributed by atoms with E-state index in [1.165, 1.54) is 5.56 Å². The molecule has 0 radical (unpaired) electrons. The van der Waals surface area contributed by atoms with Crippen LogP contribution in [0.4, 0.5) is 0 Å². The van der Waals surface area contributed by atoms with Gasteiger partial charge in [0, 0.05) is 19.6 Å². The van der Waals surface area contributed by atoms with E-state index in [0.717, 1.165) is 37.9 Å². The molecule has 0 amide bonds. The molecule has 18 heavy (non-hydrogen) atoms. The first-order valence-electron chi connectivity index (χ1n) is 5.99. The van der Waals surface area contributed by atoms with Gasteiger partial charge in [0.25, 0.3) is 0 Å². The normalized spacial score (nSPS) is 13.9. The average Bonchev–Trinajstić information content (AvgIpc) is 2.84. The Labute approximate surface area is 119 Å². The maximum Gasteiger partial charge on any atom is 0.194 e. The smallest absolute Gasteiger partial charge is 0.194 e. The summed E-state index contributed by atoms with van der Waals surface area (Å²) in [5, 5.41) is 3.37. The first kappa shape index (κ1) is 14.8. The van der Waals surface area contributed by atoms with Gasteiger partial charge in [-0.05, 0) is 24.6 Å². The summed E-state index contributed by atoms with van der Waals surface area (Å²) in [7, 11) is 1.68. The van der Waals surface area contributed by atoms with Crippen LogP contribution in [0.25, 0.3) is 0 Å². The molecule has 5 heteroatoms. The summed E-state index contributed by atoms with van der Waals surface area (Å²) in [6, 6.07) is 8.09. The fourth-order valence-electron chi connectivity index (χ4n) is 1.88. The van der Waals surface area contributed by atoms with E-state index in [1.807, 2.05) is 12.1 Å². The largest absolute Gasteiger partial charge is 0.497 e. The lowest BCUT2D eigenvalue weighted by Gasteiger charge is -2.18. The van der Waals surface area contributed by atoms with E-state index < -0.39 is 0 Å². The molecule has 0 bridgehead atoms. The zero-order valence-corrected chi connectivity index (χ0v) is 12.6. The summed E-state index contributed by atoms with van der Waals surface area (Å²) in [6.45, 7) is 5.89. The maximum absolute atomic E-state index is 5.13. The number of methoxy groups -OCH3 is 1. The molecule has 0 saturated carbocycles. The van der Waals surface area contributed by atoms with Gasteiger partial charge in [0.05, 0.1) is 13.7 Å². The molecule has 1 aliphatic heterocycles. The molecular weight excluding hydrogens is 294 g/mol. The Kier molecular flexibility index (Phi) is 5.98. The summed E-state index contributed by atoms with van der Waals surface area (Å²) >= 11 is 0. The predicted molar refractivity (Wildman–Crippen MR) is 79.7 cm³/mol. The minimum atomic E-state index is 0. The van der Waals surface area contributed by atoms with Crippen molar-refractivity contribution in [3.05, 3.63) is 29.8 Å². The van der Waals surface area contributed by atoms with Gasteiger partial charge in [-0.25, -0.2) is 0 Å². The fourth-order valence-corrected chi connectivity index (χ4v) is 1.88. The summed E-state index contributed by atoms with van der Waals surface area (Å²) in [5.74, 6) is 1.91. The molecule has 1 heterocycles. The molecular formula is C13H20BrN3O. The van der Waals surface area contributed by atoms with Crippen LogP contribution in [-0.2, 0) is 6.54 Å². The molecule has 0 unspecified atom stereocenters. The van der Waals surface area contributed by atoms with E-state index in [1.54, 1.807) is 7.11 Å². The standard InChI is InChI=1S/C13H19N3O.BrH/c1-3-16-9-8-14-13(16)15-10-11-4-6-12(17-2)7-5-11;/h4-7H,3,8-10H2,1-2H3,(H,14,15);1H. The molecule has 1 aromatic rings. The van der Waals surface area contributed by atoms with Crippen molar-refractivity contribution in [3.63, 3.8) is 0 Å². The number of likely N-dealkylation sites (N-methyl/N-ethyl adjacent to an activating group) is 1. The summed E-state index contributed by atoms with van der Waals surface area (Å²) in [4.78, 5) is 6.70. The van der Waals surface area contributed by atoms with Crippen molar-refractivity contribution < 1.29 is 4.74 Å². The Morgan fingerprint density at radius 2 is 2.06 bits per heavy atom. The van der Waals surface area contributed by atoms with Gasteiger partial charge in [0.1, 0.15) is 5.75 Å². The minimum absolute atomic E-state index is 0. The number of aliphatic imine (C=N–C) groups is 1. The molecule has 4 nitrogen and oxygen atoms in total. The van der Waals surface area contributed by atoms with Crippen LogP contribution in [0, 0.1) is 0 Å². The van der Waals surface area contributed by atoms with Crippen LogP contribution >= 0.6 is 17.0 Å². The highest BCUT2D eigenvalue weighted by atomic mass is 79.9. The van der Waals surface area contributed by atoms with Gasteiger partial charge in [-0.3, -0.25) is 4.99 Å². The number of nitrogens with one attached hydrogen (secondary N) is 1. The van der Waals surface area contributed by atoms with Crippen molar-refractivity contribution in [1.82, 2.24) is 10.2 Å².